The van der Waals surface area contributed by atoms with Gasteiger partial charge in [0, 0.05) is 6.04 Å². The van der Waals surface area contributed by atoms with Crippen LogP contribution in [0, 0.1) is 0 Å². The molecule has 0 aromatic rings. The minimum absolute atomic E-state index is 0.170. The van der Waals surface area contributed by atoms with Gasteiger partial charge in [0.2, 0.25) is 0 Å². The lowest BCUT2D eigenvalue weighted by Gasteiger charge is -2.30. The summed E-state index contributed by atoms with van der Waals surface area (Å²) in [5.41, 5.74) is 0. The molecule has 0 aromatic carbocycles. The minimum atomic E-state index is -0.170. The van der Waals surface area contributed by atoms with E-state index in [2.05, 4.69) is 25.7 Å². The van der Waals surface area contributed by atoms with E-state index in [9.17, 15) is 5.11 Å². The third-order valence-corrected chi connectivity index (χ3v) is 2.76. The second-order valence-corrected chi connectivity index (χ2v) is 3.70. The predicted molar refractivity (Wildman–Crippen MR) is 57.9 cm³/mol. The third kappa shape index (κ3) is 4.63. The molecule has 0 saturated carbocycles. The number of hydrogen-bond acceptors (Lipinski definition) is 2. The van der Waals surface area contributed by atoms with E-state index in [1.807, 2.05) is 6.92 Å². The molecule has 0 fully saturated rings. The van der Waals surface area contributed by atoms with Crippen molar-refractivity contribution < 1.29 is 5.11 Å². The van der Waals surface area contributed by atoms with Crippen LogP contribution in [0.3, 0.4) is 0 Å². The monoisotopic (exact) mass is 187 g/mol. The second-order valence-electron chi connectivity index (χ2n) is 3.70. The number of nitrogens with zero attached hydrogens (tertiary/aromatic N) is 1. The van der Waals surface area contributed by atoms with Gasteiger partial charge in [-0.1, -0.05) is 27.2 Å². The van der Waals surface area contributed by atoms with Crippen molar-refractivity contribution in [2.45, 2.75) is 59.1 Å². The summed E-state index contributed by atoms with van der Waals surface area (Å²) in [4.78, 5) is 2.36. The first-order valence-electron chi connectivity index (χ1n) is 5.59. The Labute approximate surface area is 82.9 Å². The molecule has 0 aromatic heterocycles. The number of likely N-dealkylation sites (N-methyl/N-ethyl adjacent to an activating group) is 1. The molecule has 0 radical (unpaired) electrons. The zero-order valence-electron chi connectivity index (χ0n) is 9.58. The van der Waals surface area contributed by atoms with E-state index < -0.39 is 0 Å². The highest BCUT2D eigenvalue weighted by Crippen LogP contribution is 2.08. The van der Waals surface area contributed by atoms with Gasteiger partial charge < -0.3 is 5.11 Å². The summed E-state index contributed by atoms with van der Waals surface area (Å²) in [6.07, 6.45) is 3.14. The zero-order chi connectivity index (χ0) is 10.3. The zero-order valence-corrected chi connectivity index (χ0v) is 9.58. The van der Waals surface area contributed by atoms with Gasteiger partial charge in [-0.25, -0.2) is 0 Å². The van der Waals surface area contributed by atoms with Gasteiger partial charge in [-0.05, 0) is 32.9 Å². The van der Waals surface area contributed by atoms with Gasteiger partial charge in [-0.3, -0.25) is 4.90 Å². The summed E-state index contributed by atoms with van der Waals surface area (Å²) in [5, 5.41) is 9.69. The number of unbranched alkanes of at least 4 members (excludes halogenated alkanes) is 1. The molecule has 2 nitrogen and oxygen atoms in total. The smallest absolute Gasteiger partial charge is 0.0690 e. The molecule has 0 heterocycles. The standard InChI is InChI=1S/C11H25NO/c1-5-8-9-12(7-3)10(4)11(13)6-2/h10-11,13H,5-9H2,1-4H3. The highest BCUT2D eigenvalue weighted by molar-refractivity contribution is 4.72. The Morgan fingerprint density at radius 2 is 1.85 bits per heavy atom. The first-order chi connectivity index (χ1) is 6.17. The van der Waals surface area contributed by atoms with Crippen LogP contribution in [0.2, 0.25) is 0 Å². The maximum atomic E-state index is 9.69. The summed E-state index contributed by atoms with van der Waals surface area (Å²) in [5.74, 6) is 0. The van der Waals surface area contributed by atoms with E-state index in [-0.39, 0.29) is 6.10 Å². The van der Waals surface area contributed by atoms with Gasteiger partial charge in [0.15, 0.2) is 0 Å². The highest BCUT2D eigenvalue weighted by Gasteiger charge is 2.17. The fourth-order valence-electron chi connectivity index (χ4n) is 1.60. The largest absolute Gasteiger partial charge is 0.392 e. The maximum Gasteiger partial charge on any atom is 0.0690 e. The Morgan fingerprint density at radius 3 is 2.23 bits per heavy atom. The Bertz CT molecular complexity index is 117. The molecule has 0 aliphatic carbocycles. The highest BCUT2D eigenvalue weighted by atomic mass is 16.3. The fourth-order valence-corrected chi connectivity index (χ4v) is 1.60. The van der Waals surface area contributed by atoms with Gasteiger partial charge in [-0.15, -0.1) is 0 Å². The fraction of sp³-hybridized carbons (Fsp3) is 1.00. The molecule has 2 heteroatoms. The summed E-state index contributed by atoms with van der Waals surface area (Å²) in [6.45, 7) is 10.7. The van der Waals surface area contributed by atoms with E-state index in [4.69, 9.17) is 0 Å². The van der Waals surface area contributed by atoms with Crippen LogP contribution in [0.5, 0.6) is 0 Å². The first kappa shape index (κ1) is 12.9. The van der Waals surface area contributed by atoms with Crippen molar-refractivity contribution >= 4 is 0 Å². The molecule has 1 N–H and O–H groups in total. The van der Waals surface area contributed by atoms with Crippen molar-refractivity contribution in [2.24, 2.45) is 0 Å². The quantitative estimate of drug-likeness (QED) is 0.661. The van der Waals surface area contributed by atoms with E-state index >= 15 is 0 Å². The van der Waals surface area contributed by atoms with Crippen molar-refractivity contribution in [3.8, 4) is 0 Å². The molecule has 0 rings (SSSR count). The van der Waals surface area contributed by atoms with E-state index in [0.29, 0.717) is 6.04 Å². The summed E-state index contributed by atoms with van der Waals surface area (Å²) >= 11 is 0. The van der Waals surface area contributed by atoms with Crippen LogP contribution in [-0.2, 0) is 0 Å². The SMILES string of the molecule is CCCCN(CC)C(C)C(O)CC. The Kier molecular flexibility index (Phi) is 7.29. The maximum absolute atomic E-state index is 9.69. The molecule has 0 aliphatic heterocycles. The van der Waals surface area contributed by atoms with E-state index in [1.54, 1.807) is 0 Å². The van der Waals surface area contributed by atoms with Crippen LogP contribution in [0.1, 0.15) is 47.0 Å². The molecule has 0 bridgehead atoms. The van der Waals surface area contributed by atoms with Crippen LogP contribution in [-0.4, -0.2) is 35.2 Å². The van der Waals surface area contributed by atoms with Crippen LogP contribution in [0.4, 0.5) is 0 Å². The molecule has 0 amide bonds. The number of rotatable bonds is 7. The molecule has 0 saturated heterocycles. The lowest BCUT2D eigenvalue weighted by Crippen LogP contribution is -2.41. The number of aliphatic hydroxyl groups excluding tert-OH is 1. The van der Waals surface area contributed by atoms with Crippen LogP contribution in [0.25, 0.3) is 0 Å². The van der Waals surface area contributed by atoms with Gasteiger partial charge in [0.05, 0.1) is 6.10 Å². The first-order valence-corrected chi connectivity index (χ1v) is 5.59. The summed E-state index contributed by atoms with van der Waals surface area (Å²) in [6, 6.07) is 0.307. The van der Waals surface area contributed by atoms with Crippen molar-refractivity contribution in [1.82, 2.24) is 4.90 Å². The summed E-state index contributed by atoms with van der Waals surface area (Å²) in [7, 11) is 0. The molecule has 0 spiro atoms. The van der Waals surface area contributed by atoms with Gasteiger partial charge in [-0.2, -0.15) is 0 Å². The lowest BCUT2D eigenvalue weighted by molar-refractivity contribution is 0.0580. The van der Waals surface area contributed by atoms with E-state index in [1.165, 1.54) is 12.8 Å². The second kappa shape index (κ2) is 7.34. The molecule has 13 heavy (non-hydrogen) atoms. The third-order valence-electron chi connectivity index (χ3n) is 2.76. The lowest BCUT2D eigenvalue weighted by atomic mass is 10.1. The van der Waals surface area contributed by atoms with Crippen LogP contribution in [0.15, 0.2) is 0 Å². The van der Waals surface area contributed by atoms with Crippen molar-refractivity contribution in [3.63, 3.8) is 0 Å². The Morgan fingerprint density at radius 1 is 1.23 bits per heavy atom. The molecule has 0 aliphatic rings. The Balaban J connectivity index is 3.90. The molecule has 2 unspecified atom stereocenters. The van der Waals surface area contributed by atoms with Crippen molar-refractivity contribution in [2.75, 3.05) is 13.1 Å². The average Bonchev–Trinajstić information content (AvgIpc) is 2.17. The van der Waals surface area contributed by atoms with E-state index in [0.717, 1.165) is 19.5 Å². The van der Waals surface area contributed by atoms with Crippen molar-refractivity contribution in [1.29, 1.82) is 0 Å². The van der Waals surface area contributed by atoms with Gasteiger partial charge >= 0.3 is 0 Å². The average molecular weight is 187 g/mol. The van der Waals surface area contributed by atoms with Crippen LogP contribution < -0.4 is 0 Å². The molecular formula is C11H25NO. The van der Waals surface area contributed by atoms with Crippen molar-refractivity contribution in [3.05, 3.63) is 0 Å². The van der Waals surface area contributed by atoms with Gasteiger partial charge in [0.1, 0.15) is 0 Å². The van der Waals surface area contributed by atoms with Crippen LogP contribution >= 0.6 is 0 Å². The predicted octanol–water partition coefficient (Wildman–Crippen LogP) is 2.27. The molecular weight excluding hydrogens is 162 g/mol. The van der Waals surface area contributed by atoms with Gasteiger partial charge in [0.25, 0.3) is 0 Å². The summed E-state index contributed by atoms with van der Waals surface area (Å²) < 4.78 is 0. The Hall–Kier alpha value is -0.0800. The number of aliphatic hydroxyl groups is 1. The topological polar surface area (TPSA) is 23.5 Å². The molecule has 80 valence electrons. The normalized spacial score (nSPS) is 16.2. The molecule has 2 atom stereocenters. The number of hydrogen-bond donors (Lipinski definition) is 1. The minimum Gasteiger partial charge on any atom is -0.392 e.